The van der Waals surface area contributed by atoms with E-state index in [1.807, 2.05) is 30.3 Å². The van der Waals surface area contributed by atoms with Crippen LogP contribution >= 0.6 is 12.6 Å². The van der Waals surface area contributed by atoms with Gasteiger partial charge in [0.1, 0.15) is 6.54 Å². The quantitative estimate of drug-likeness (QED) is 0.585. The predicted octanol–water partition coefficient (Wildman–Crippen LogP) is 1.27. The van der Waals surface area contributed by atoms with Gasteiger partial charge in [-0.1, -0.05) is 30.3 Å². The van der Waals surface area contributed by atoms with Crippen LogP contribution in [0.1, 0.15) is 12.0 Å². The Morgan fingerprint density at radius 2 is 1.95 bits per heavy atom. The van der Waals surface area contributed by atoms with E-state index in [0.717, 1.165) is 5.56 Å². The highest BCUT2D eigenvalue weighted by molar-refractivity contribution is 7.80. The number of carbonyl (C=O) groups is 3. The number of amides is 3. The number of carbonyl (C=O) groups excluding carboxylic acids is 2. The number of urea groups is 1. The number of rotatable bonds is 7. The Hall–Kier alpha value is -2.02. The fraction of sp³-hybridized carbons (Fsp3) is 0.400. The fourth-order valence-electron chi connectivity index (χ4n) is 2.45. The lowest BCUT2D eigenvalue weighted by atomic mass is 10.1. The molecule has 0 bridgehead atoms. The molecule has 0 spiro atoms. The minimum atomic E-state index is -0.992. The van der Waals surface area contributed by atoms with Gasteiger partial charge < -0.3 is 10.0 Å². The Bertz CT molecular complexity index is 564. The summed E-state index contributed by atoms with van der Waals surface area (Å²) in [6, 6.07) is 8.81. The molecule has 1 saturated heterocycles. The molecule has 22 heavy (non-hydrogen) atoms. The third-order valence-electron chi connectivity index (χ3n) is 3.56. The van der Waals surface area contributed by atoms with Crippen LogP contribution in [-0.2, 0) is 16.0 Å². The maximum absolute atomic E-state index is 12.3. The number of aliphatic carboxylic acids is 1. The molecule has 1 aromatic rings. The van der Waals surface area contributed by atoms with Crippen molar-refractivity contribution in [3.63, 3.8) is 0 Å². The first kappa shape index (κ1) is 16.4. The third-order valence-corrected chi connectivity index (χ3v) is 3.98. The summed E-state index contributed by atoms with van der Waals surface area (Å²) in [5, 5.41) is 8.69. The van der Waals surface area contributed by atoms with E-state index < -0.39 is 12.0 Å². The van der Waals surface area contributed by atoms with Gasteiger partial charge in [-0.3, -0.25) is 14.5 Å². The van der Waals surface area contributed by atoms with Crippen LogP contribution in [0.4, 0.5) is 4.79 Å². The Kier molecular flexibility index (Phi) is 5.43. The molecule has 1 aliphatic rings. The molecule has 3 amide bonds. The van der Waals surface area contributed by atoms with Crippen LogP contribution in [0.5, 0.6) is 0 Å². The number of carboxylic acids is 1. The lowest BCUT2D eigenvalue weighted by Crippen LogP contribution is -2.43. The number of nitrogens with zero attached hydrogens (tertiary/aromatic N) is 2. The maximum Gasteiger partial charge on any atom is 0.327 e. The van der Waals surface area contributed by atoms with Crippen molar-refractivity contribution in [3.05, 3.63) is 35.9 Å². The van der Waals surface area contributed by atoms with E-state index >= 15 is 0 Å². The molecule has 0 aromatic heterocycles. The lowest BCUT2D eigenvalue weighted by molar-refractivity contribution is -0.137. The molecule has 0 aliphatic carbocycles. The first-order valence-electron chi connectivity index (χ1n) is 7.00. The van der Waals surface area contributed by atoms with Gasteiger partial charge in [-0.25, -0.2) is 4.79 Å². The molecular formula is C15H18N2O4S. The molecular weight excluding hydrogens is 304 g/mol. The zero-order valence-corrected chi connectivity index (χ0v) is 12.9. The minimum absolute atomic E-state index is 0.0427. The average Bonchev–Trinajstić information content (AvgIpc) is 2.78. The summed E-state index contributed by atoms with van der Waals surface area (Å²) in [7, 11) is 0. The number of carboxylic acid groups (broad SMARTS) is 1. The molecule has 118 valence electrons. The van der Waals surface area contributed by atoms with Crippen LogP contribution in [0, 0.1) is 0 Å². The Morgan fingerprint density at radius 1 is 1.27 bits per heavy atom. The van der Waals surface area contributed by atoms with Crippen molar-refractivity contribution in [2.24, 2.45) is 0 Å². The van der Waals surface area contributed by atoms with Gasteiger partial charge >= 0.3 is 12.0 Å². The van der Waals surface area contributed by atoms with E-state index in [0.29, 0.717) is 12.2 Å². The molecule has 1 aliphatic heterocycles. The topological polar surface area (TPSA) is 77.9 Å². The molecule has 0 radical (unpaired) electrons. The maximum atomic E-state index is 12.3. The van der Waals surface area contributed by atoms with Crippen molar-refractivity contribution in [1.29, 1.82) is 0 Å². The predicted molar refractivity (Wildman–Crippen MR) is 83.9 cm³/mol. The Morgan fingerprint density at radius 3 is 2.55 bits per heavy atom. The van der Waals surface area contributed by atoms with E-state index in [1.54, 1.807) is 0 Å². The number of hydrogen-bond donors (Lipinski definition) is 2. The van der Waals surface area contributed by atoms with Gasteiger partial charge in [-0.15, -0.1) is 0 Å². The summed E-state index contributed by atoms with van der Waals surface area (Å²) in [4.78, 5) is 37.5. The normalized spacial score (nSPS) is 16.2. The highest BCUT2D eigenvalue weighted by Gasteiger charge is 2.39. The summed E-state index contributed by atoms with van der Waals surface area (Å²) < 4.78 is 0. The first-order valence-corrected chi connectivity index (χ1v) is 7.63. The second-order valence-corrected chi connectivity index (χ2v) is 5.50. The van der Waals surface area contributed by atoms with Crippen molar-refractivity contribution in [1.82, 2.24) is 9.80 Å². The van der Waals surface area contributed by atoms with Gasteiger partial charge in [-0.05, 0) is 12.0 Å². The zero-order chi connectivity index (χ0) is 16.1. The van der Waals surface area contributed by atoms with Crippen LogP contribution in [0.2, 0.25) is 0 Å². The van der Waals surface area contributed by atoms with Gasteiger partial charge in [0.25, 0.3) is 5.91 Å². The van der Waals surface area contributed by atoms with E-state index in [-0.39, 0.29) is 31.5 Å². The molecule has 2 rings (SSSR count). The number of thiol groups is 1. The van der Waals surface area contributed by atoms with Gasteiger partial charge in [0.2, 0.25) is 0 Å². The number of benzene rings is 1. The highest BCUT2D eigenvalue weighted by Crippen LogP contribution is 2.18. The molecule has 6 nitrogen and oxygen atoms in total. The second kappa shape index (κ2) is 7.31. The van der Waals surface area contributed by atoms with Crippen LogP contribution in [0.15, 0.2) is 30.3 Å². The summed E-state index contributed by atoms with van der Waals surface area (Å²) in [5.74, 6) is -0.932. The molecule has 0 saturated carbocycles. The SMILES string of the molecule is O=C(O)CCN1CC(=O)N(C(CS)Cc2ccccc2)C1=O. The van der Waals surface area contributed by atoms with Gasteiger partial charge in [0, 0.05) is 12.3 Å². The third kappa shape index (κ3) is 3.79. The highest BCUT2D eigenvalue weighted by atomic mass is 32.1. The van der Waals surface area contributed by atoms with E-state index in [1.165, 1.54) is 9.80 Å². The largest absolute Gasteiger partial charge is 0.481 e. The summed E-state index contributed by atoms with van der Waals surface area (Å²) in [5.41, 5.74) is 1.02. The molecule has 7 heteroatoms. The molecule has 1 aromatic carbocycles. The Balaban J connectivity index is 2.07. The van der Waals surface area contributed by atoms with Gasteiger partial charge in [0.15, 0.2) is 0 Å². The van der Waals surface area contributed by atoms with E-state index in [9.17, 15) is 14.4 Å². The van der Waals surface area contributed by atoms with Crippen molar-refractivity contribution in [2.75, 3.05) is 18.8 Å². The Labute approximate surface area is 134 Å². The monoisotopic (exact) mass is 322 g/mol. The standard InChI is InChI=1S/C15H18N2O4S/c18-13-9-16(7-6-14(19)20)15(21)17(13)12(10-22)8-11-4-2-1-3-5-11/h1-5,12,22H,6-10H2,(H,19,20). The smallest absolute Gasteiger partial charge is 0.327 e. The van der Waals surface area contributed by atoms with E-state index in [4.69, 9.17) is 5.11 Å². The van der Waals surface area contributed by atoms with E-state index in [2.05, 4.69) is 12.6 Å². The van der Waals surface area contributed by atoms with Crippen LogP contribution in [0.3, 0.4) is 0 Å². The van der Waals surface area contributed by atoms with Crippen molar-refractivity contribution < 1.29 is 19.5 Å². The fourth-order valence-corrected chi connectivity index (χ4v) is 2.75. The first-order chi connectivity index (χ1) is 10.5. The van der Waals surface area contributed by atoms with Gasteiger partial charge in [-0.2, -0.15) is 12.6 Å². The molecule has 1 heterocycles. The van der Waals surface area contributed by atoms with Crippen molar-refractivity contribution >= 4 is 30.5 Å². The van der Waals surface area contributed by atoms with Gasteiger partial charge in [0.05, 0.1) is 12.5 Å². The van der Waals surface area contributed by atoms with Crippen LogP contribution < -0.4 is 0 Å². The second-order valence-electron chi connectivity index (χ2n) is 5.14. The summed E-state index contributed by atoms with van der Waals surface area (Å²) in [6.45, 7) is -0.0216. The molecule has 1 atom stereocenters. The van der Waals surface area contributed by atoms with Crippen molar-refractivity contribution in [3.8, 4) is 0 Å². The van der Waals surface area contributed by atoms with Crippen LogP contribution in [-0.4, -0.2) is 57.7 Å². The lowest BCUT2D eigenvalue weighted by Gasteiger charge is -2.25. The summed E-state index contributed by atoms with van der Waals surface area (Å²) >= 11 is 4.26. The number of hydrogen-bond acceptors (Lipinski definition) is 4. The zero-order valence-electron chi connectivity index (χ0n) is 12.0. The average molecular weight is 322 g/mol. The minimum Gasteiger partial charge on any atom is -0.481 e. The number of imide groups is 1. The molecule has 1 fully saturated rings. The van der Waals surface area contributed by atoms with Crippen molar-refractivity contribution in [2.45, 2.75) is 18.9 Å². The molecule has 1 unspecified atom stereocenters. The summed E-state index contributed by atoms with van der Waals surface area (Å²) in [6.07, 6.45) is 0.367. The van der Waals surface area contributed by atoms with Crippen LogP contribution in [0.25, 0.3) is 0 Å². The molecule has 1 N–H and O–H groups in total.